The number of hydrogen-bond donors (Lipinski definition) is 4. The average Bonchev–Trinajstić information content (AvgIpc) is 2.42. The molecular weight excluding hydrogens is 264 g/mol. The van der Waals surface area contributed by atoms with Crippen molar-refractivity contribution in [3.05, 3.63) is 29.8 Å². The van der Waals surface area contributed by atoms with E-state index in [4.69, 9.17) is 10.8 Å². The summed E-state index contributed by atoms with van der Waals surface area (Å²) >= 11 is 0. The van der Waals surface area contributed by atoms with Crippen molar-refractivity contribution in [2.75, 3.05) is 25.0 Å². The first-order valence-electron chi connectivity index (χ1n) is 5.80. The summed E-state index contributed by atoms with van der Waals surface area (Å²) in [5, 5.41) is 13.9. The van der Waals surface area contributed by atoms with Gasteiger partial charge in [0, 0.05) is 20.1 Å². The Kier molecular flexibility index (Phi) is 5.33. The molecule has 8 heteroatoms. The second-order valence-electron chi connectivity index (χ2n) is 3.90. The number of carbonyl (C=O) groups is 3. The molecule has 0 saturated carbocycles. The van der Waals surface area contributed by atoms with Crippen LogP contribution >= 0.6 is 0 Å². The highest BCUT2D eigenvalue weighted by molar-refractivity contribution is 6.01. The fourth-order valence-electron chi connectivity index (χ4n) is 1.53. The van der Waals surface area contributed by atoms with E-state index in [0.29, 0.717) is 0 Å². The summed E-state index contributed by atoms with van der Waals surface area (Å²) in [6.07, 6.45) is 0. The number of benzene rings is 1. The van der Waals surface area contributed by atoms with Gasteiger partial charge in [-0.25, -0.2) is 14.4 Å². The van der Waals surface area contributed by atoms with Crippen molar-refractivity contribution in [3.8, 4) is 0 Å². The van der Waals surface area contributed by atoms with Crippen molar-refractivity contribution < 1.29 is 19.5 Å². The molecule has 0 heterocycles. The molecule has 0 atom stereocenters. The summed E-state index contributed by atoms with van der Waals surface area (Å²) in [5.41, 5.74) is 5.18. The van der Waals surface area contributed by atoms with Crippen LogP contribution in [0.15, 0.2) is 24.3 Å². The van der Waals surface area contributed by atoms with Gasteiger partial charge in [0.25, 0.3) is 0 Å². The molecule has 0 aliphatic rings. The number of amides is 4. The molecule has 0 radical (unpaired) electrons. The van der Waals surface area contributed by atoms with Crippen molar-refractivity contribution in [2.45, 2.75) is 0 Å². The lowest BCUT2D eigenvalue weighted by Crippen LogP contribution is -2.42. The maximum absolute atomic E-state index is 11.8. The van der Waals surface area contributed by atoms with Gasteiger partial charge in [-0.3, -0.25) is 4.90 Å². The van der Waals surface area contributed by atoms with Crippen LogP contribution in [0.2, 0.25) is 0 Å². The first-order valence-corrected chi connectivity index (χ1v) is 5.80. The van der Waals surface area contributed by atoms with Gasteiger partial charge in [-0.15, -0.1) is 0 Å². The van der Waals surface area contributed by atoms with Crippen LogP contribution in [0.1, 0.15) is 10.4 Å². The minimum atomic E-state index is -1.12. The first kappa shape index (κ1) is 15.3. The summed E-state index contributed by atoms with van der Waals surface area (Å²) in [7, 11) is 1.46. The van der Waals surface area contributed by atoms with E-state index in [9.17, 15) is 14.4 Å². The molecule has 0 aliphatic carbocycles. The van der Waals surface area contributed by atoms with Gasteiger partial charge >= 0.3 is 18.0 Å². The van der Waals surface area contributed by atoms with E-state index in [1.807, 2.05) is 0 Å². The van der Waals surface area contributed by atoms with Crippen LogP contribution in [0.25, 0.3) is 0 Å². The molecule has 0 aliphatic heterocycles. The van der Waals surface area contributed by atoms with Crippen molar-refractivity contribution in [3.63, 3.8) is 0 Å². The number of urea groups is 2. The van der Waals surface area contributed by atoms with Gasteiger partial charge in [0.2, 0.25) is 0 Å². The Hall–Kier alpha value is -2.77. The third-order valence-corrected chi connectivity index (χ3v) is 2.50. The number of anilines is 1. The zero-order valence-corrected chi connectivity index (χ0v) is 10.9. The van der Waals surface area contributed by atoms with Gasteiger partial charge in [0.05, 0.1) is 11.3 Å². The summed E-state index contributed by atoms with van der Waals surface area (Å²) in [6, 6.07) is 5.00. The Balaban J connectivity index is 2.65. The molecule has 0 saturated heterocycles. The fourth-order valence-corrected chi connectivity index (χ4v) is 1.53. The minimum Gasteiger partial charge on any atom is -0.478 e. The number of carboxylic acid groups (broad SMARTS) is 1. The van der Waals surface area contributed by atoms with Crippen LogP contribution in [-0.2, 0) is 0 Å². The lowest BCUT2D eigenvalue weighted by molar-refractivity contribution is 0.0697. The number of hydrogen-bond acceptors (Lipinski definition) is 3. The Morgan fingerprint density at radius 2 is 1.80 bits per heavy atom. The zero-order valence-electron chi connectivity index (χ0n) is 10.9. The number of primary amides is 1. The molecule has 0 bridgehead atoms. The topological polar surface area (TPSA) is 125 Å². The number of nitrogens with two attached hydrogens (primary N) is 1. The van der Waals surface area contributed by atoms with Gasteiger partial charge in [-0.1, -0.05) is 12.1 Å². The molecule has 20 heavy (non-hydrogen) atoms. The number of nitrogens with one attached hydrogen (secondary N) is 2. The number of aromatic carboxylic acids is 1. The molecule has 8 nitrogen and oxygen atoms in total. The average molecular weight is 280 g/mol. The number of nitrogens with zero attached hydrogens (tertiary/aromatic N) is 1. The van der Waals surface area contributed by atoms with Gasteiger partial charge in [-0.05, 0) is 12.1 Å². The Labute approximate surface area is 115 Å². The van der Waals surface area contributed by atoms with E-state index in [0.717, 1.165) is 0 Å². The quantitative estimate of drug-likeness (QED) is 0.575. The summed E-state index contributed by atoms with van der Waals surface area (Å²) in [6.45, 7) is 0.372. The van der Waals surface area contributed by atoms with E-state index < -0.39 is 18.0 Å². The molecule has 1 aromatic carbocycles. The van der Waals surface area contributed by atoms with Crippen molar-refractivity contribution in [1.82, 2.24) is 10.6 Å². The Morgan fingerprint density at radius 3 is 2.40 bits per heavy atom. The standard InChI is InChI=1S/C12H16N4O4/c1-16(12(20)15-7-6-14-11(13)19)9-5-3-2-4-8(9)10(17)18/h2-5H,6-7H2,1H3,(H,15,20)(H,17,18)(H3,13,14,19). The summed E-state index contributed by atoms with van der Waals surface area (Å²) in [4.78, 5) is 34.5. The van der Waals surface area contributed by atoms with Gasteiger partial charge < -0.3 is 21.5 Å². The first-order chi connectivity index (χ1) is 9.43. The third kappa shape index (κ3) is 4.16. The molecule has 0 aromatic heterocycles. The molecule has 1 aromatic rings. The molecule has 108 valence electrons. The predicted molar refractivity (Wildman–Crippen MR) is 72.8 cm³/mol. The van der Waals surface area contributed by atoms with Crippen LogP contribution < -0.4 is 21.3 Å². The van der Waals surface area contributed by atoms with Gasteiger partial charge in [0.15, 0.2) is 0 Å². The summed E-state index contributed by atoms with van der Waals surface area (Å²) < 4.78 is 0. The molecule has 0 spiro atoms. The van der Waals surface area contributed by atoms with E-state index in [1.165, 1.54) is 24.1 Å². The van der Waals surface area contributed by atoms with Crippen LogP contribution in [0, 0.1) is 0 Å². The highest BCUT2D eigenvalue weighted by Crippen LogP contribution is 2.18. The molecular formula is C12H16N4O4. The van der Waals surface area contributed by atoms with Crippen LogP contribution in [-0.4, -0.2) is 43.3 Å². The molecule has 1 rings (SSSR count). The number of rotatable bonds is 5. The fraction of sp³-hybridized carbons (Fsp3) is 0.250. The Bertz CT molecular complexity index is 518. The number of para-hydroxylation sites is 1. The van der Waals surface area contributed by atoms with E-state index >= 15 is 0 Å². The normalized spacial score (nSPS) is 9.65. The number of carbonyl (C=O) groups excluding carboxylic acids is 2. The van der Waals surface area contributed by atoms with E-state index in [-0.39, 0.29) is 24.3 Å². The monoisotopic (exact) mass is 280 g/mol. The minimum absolute atomic E-state index is 0.0282. The van der Waals surface area contributed by atoms with Gasteiger partial charge in [-0.2, -0.15) is 0 Å². The maximum Gasteiger partial charge on any atom is 0.337 e. The second-order valence-corrected chi connectivity index (χ2v) is 3.90. The molecule has 5 N–H and O–H groups in total. The molecule has 0 unspecified atom stereocenters. The van der Waals surface area contributed by atoms with Crippen LogP contribution in [0.4, 0.5) is 15.3 Å². The second kappa shape index (κ2) is 6.98. The lowest BCUT2D eigenvalue weighted by atomic mass is 10.1. The SMILES string of the molecule is CN(C(=O)NCCNC(N)=O)c1ccccc1C(=O)O. The highest BCUT2D eigenvalue weighted by atomic mass is 16.4. The molecule has 0 fully saturated rings. The largest absolute Gasteiger partial charge is 0.478 e. The summed E-state index contributed by atoms with van der Waals surface area (Å²) in [5.74, 6) is -1.12. The van der Waals surface area contributed by atoms with E-state index in [2.05, 4.69) is 10.6 Å². The zero-order chi connectivity index (χ0) is 15.1. The van der Waals surface area contributed by atoms with E-state index in [1.54, 1.807) is 12.1 Å². The van der Waals surface area contributed by atoms with Crippen molar-refractivity contribution in [2.24, 2.45) is 5.73 Å². The smallest absolute Gasteiger partial charge is 0.337 e. The molecule has 4 amide bonds. The Morgan fingerprint density at radius 1 is 1.20 bits per heavy atom. The maximum atomic E-state index is 11.8. The predicted octanol–water partition coefficient (Wildman–Crippen LogP) is 0.199. The third-order valence-electron chi connectivity index (χ3n) is 2.50. The van der Waals surface area contributed by atoms with Gasteiger partial charge in [0.1, 0.15) is 0 Å². The van der Waals surface area contributed by atoms with Crippen molar-refractivity contribution >= 4 is 23.7 Å². The highest BCUT2D eigenvalue weighted by Gasteiger charge is 2.17. The van der Waals surface area contributed by atoms with Crippen LogP contribution in [0.3, 0.4) is 0 Å². The van der Waals surface area contributed by atoms with Crippen molar-refractivity contribution in [1.29, 1.82) is 0 Å². The van der Waals surface area contributed by atoms with Crippen LogP contribution in [0.5, 0.6) is 0 Å². The number of carboxylic acids is 1. The lowest BCUT2D eigenvalue weighted by Gasteiger charge is -2.19.